The van der Waals surface area contributed by atoms with Crippen molar-refractivity contribution in [2.24, 2.45) is 5.73 Å². The van der Waals surface area contributed by atoms with Crippen molar-refractivity contribution in [3.8, 4) is 29.0 Å². The molecule has 0 saturated carbocycles. The van der Waals surface area contributed by atoms with E-state index in [1.165, 1.54) is 31.8 Å². The molecule has 206 valence electrons. The van der Waals surface area contributed by atoms with Crippen molar-refractivity contribution in [2.75, 3.05) is 30.4 Å². The van der Waals surface area contributed by atoms with Crippen molar-refractivity contribution in [1.29, 1.82) is 0 Å². The van der Waals surface area contributed by atoms with E-state index in [4.69, 9.17) is 10.5 Å². The molecule has 1 saturated heterocycles. The molecule has 3 N–H and O–H groups in total. The summed E-state index contributed by atoms with van der Waals surface area (Å²) in [6.45, 7) is 0.951. The first-order chi connectivity index (χ1) is 19.4. The fourth-order valence-corrected chi connectivity index (χ4v) is 4.48. The van der Waals surface area contributed by atoms with E-state index in [1.807, 2.05) is 6.07 Å². The van der Waals surface area contributed by atoms with E-state index in [0.717, 1.165) is 29.8 Å². The molecule has 0 spiro atoms. The lowest BCUT2D eigenvalue weighted by atomic mass is 10.0. The summed E-state index contributed by atoms with van der Waals surface area (Å²) in [5.41, 5.74) is 8.40. The minimum Gasteiger partial charge on any atom is -0.496 e. The molecule has 0 amide bonds. The van der Waals surface area contributed by atoms with E-state index in [0.29, 0.717) is 35.1 Å². The molecule has 1 atom stereocenters. The van der Waals surface area contributed by atoms with Gasteiger partial charge in [0, 0.05) is 43.8 Å². The normalized spacial score (nSPS) is 15.1. The third kappa shape index (κ3) is 6.32. The number of nitrogens with zero attached hydrogens (tertiary/aromatic N) is 6. The maximum Gasteiger partial charge on any atom is 0.257 e. The molecule has 5 rings (SSSR count). The van der Waals surface area contributed by atoms with Crippen molar-refractivity contribution >= 4 is 17.3 Å². The molecular weight excluding hydrogens is 521 g/mol. The van der Waals surface area contributed by atoms with E-state index >= 15 is 0 Å². The van der Waals surface area contributed by atoms with Gasteiger partial charge >= 0.3 is 0 Å². The fraction of sp³-hybridized carbons (Fsp3) is 0.286. The largest absolute Gasteiger partial charge is 0.496 e. The standard InChI is InChI=1S/C28H27F3N8O/c1-40-23-6-2-5-21(29)27(23)28-33-10-9-25(37-28)36-26-12-22(38-11-3-4-20(32)16-38)19(14-34-26)8-7-18-13-35-39(15-18)17-24(30)31/h2,5-6,9-10,12-15,20,24H,3-4,11,16-17,32H2,1H3,(H,33,34,36,37)/t20-/m0/s1. The third-order valence-corrected chi connectivity index (χ3v) is 6.31. The first-order valence-electron chi connectivity index (χ1n) is 12.7. The van der Waals surface area contributed by atoms with Crippen LogP contribution >= 0.6 is 0 Å². The lowest BCUT2D eigenvalue weighted by Gasteiger charge is -2.33. The van der Waals surface area contributed by atoms with Gasteiger partial charge in [-0.05, 0) is 31.0 Å². The Balaban J connectivity index is 1.45. The number of nitrogens with one attached hydrogen (secondary N) is 1. The van der Waals surface area contributed by atoms with Gasteiger partial charge in [-0.15, -0.1) is 0 Å². The van der Waals surface area contributed by atoms with Crippen LogP contribution < -0.4 is 20.7 Å². The Labute approximate surface area is 229 Å². The van der Waals surface area contributed by atoms with Crippen molar-refractivity contribution in [2.45, 2.75) is 31.9 Å². The van der Waals surface area contributed by atoms with Crippen molar-refractivity contribution in [3.63, 3.8) is 0 Å². The average Bonchev–Trinajstić information content (AvgIpc) is 3.38. The molecular formula is C28H27F3N8O. The lowest BCUT2D eigenvalue weighted by Crippen LogP contribution is -2.43. The van der Waals surface area contributed by atoms with E-state index in [1.54, 1.807) is 24.4 Å². The number of methoxy groups -OCH3 is 1. The second-order valence-electron chi connectivity index (χ2n) is 9.23. The Hall–Kier alpha value is -4.63. The Morgan fingerprint density at radius 3 is 2.85 bits per heavy atom. The minimum atomic E-state index is -2.50. The van der Waals surface area contributed by atoms with E-state index in [-0.39, 0.29) is 17.4 Å². The molecule has 40 heavy (non-hydrogen) atoms. The van der Waals surface area contributed by atoms with Crippen LogP contribution in [-0.4, -0.2) is 57.4 Å². The molecule has 0 bridgehead atoms. The second kappa shape index (κ2) is 12.0. The SMILES string of the molecule is COc1cccc(F)c1-c1nccc(Nc2cc(N3CCC[C@H](N)C3)c(C#Cc3cnn(CC(F)F)c3)cn2)n1. The molecule has 1 aliphatic heterocycles. The quantitative estimate of drug-likeness (QED) is 0.331. The molecule has 12 heteroatoms. The number of ether oxygens (including phenoxy) is 1. The lowest BCUT2D eigenvalue weighted by molar-refractivity contribution is 0.122. The van der Waals surface area contributed by atoms with Gasteiger partial charge in [0.25, 0.3) is 6.43 Å². The summed E-state index contributed by atoms with van der Waals surface area (Å²) in [6.07, 6.45) is 5.45. The summed E-state index contributed by atoms with van der Waals surface area (Å²) < 4.78 is 46.4. The van der Waals surface area contributed by atoms with Crippen LogP contribution in [0, 0.1) is 17.7 Å². The van der Waals surface area contributed by atoms with Gasteiger partial charge in [0.05, 0.1) is 35.7 Å². The zero-order valence-corrected chi connectivity index (χ0v) is 21.7. The third-order valence-electron chi connectivity index (χ3n) is 6.31. The number of hydrogen-bond acceptors (Lipinski definition) is 8. The zero-order chi connectivity index (χ0) is 28.1. The first-order valence-corrected chi connectivity index (χ1v) is 12.7. The van der Waals surface area contributed by atoms with Gasteiger partial charge in [-0.1, -0.05) is 17.9 Å². The van der Waals surface area contributed by atoms with Gasteiger partial charge in [0.15, 0.2) is 5.82 Å². The van der Waals surface area contributed by atoms with Crippen LogP contribution in [0.5, 0.6) is 5.75 Å². The summed E-state index contributed by atoms with van der Waals surface area (Å²) in [5.74, 6) is 6.99. The molecule has 4 aromatic rings. The van der Waals surface area contributed by atoms with Crippen molar-refractivity contribution < 1.29 is 17.9 Å². The molecule has 0 aliphatic carbocycles. The summed E-state index contributed by atoms with van der Waals surface area (Å²) in [7, 11) is 1.46. The first kappa shape index (κ1) is 27.0. The number of pyridine rings is 1. The van der Waals surface area contributed by atoms with Crippen LogP contribution in [0.4, 0.5) is 30.5 Å². The number of anilines is 3. The number of benzene rings is 1. The molecule has 0 unspecified atom stereocenters. The summed E-state index contributed by atoms with van der Waals surface area (Å²) in [6, 6.07) is 8.04. The van der Waals surface area contributed by atoms with Crippen LogP contribution in [0.3, 0.4) is 0 Å². The highest BCUT2D eigenvalue weighted by molar-refractivity contribution is 5.69. The van der Waals surface area contributed by atoms with Crippen molar-refractivity contribution in [3.05, 3.63) is 72.1 Å². The highest BCUT2D eigenvalue weighted by Gasteiger charge is 2.20. The number of hydrogen-bond donors (Lipinski definition) is 2. The van der Waals surface area contributed by atoms with Crippen LogP contribution in [0.2, 0.25) is 0 Å². The Morgan fingerprint density at radius 2 is 2.05 bits per heavy atom. The molecule has 3 aromatic heterocycles. The van der Waals surface area contributed by atoms with Gasteiger partial charge in [-0.3, -0.25) is 4.68 Å². The Kier molecular flexibility index (Phi) is 8.12. The van der Waals surface area contributed by atoms with Crippen LogP contribution in [0.15, 0.2) is 55.1 Å². The molecule has 1 aromatic carbocycles. The number of rotatable bonds is 7. The number of halogens is 3. The van der Waals surface area contributed by atoms with Gasteiger partial charge in [-0.25, -0.2) is 28.1 Å². The number of nitrogens with two attached hydrogens (primary N) is 1. The van der Waals surface area contributed by atoms with Crippen LogP contribution in [-0.2, 0) is 6.54 Å². The molecule has 4 heterocycles. The van der Waals surface area contributed by atoms with Gasteiger partial charge < -0.3 is 20.7 Å². The highest BCUT2D eigenvalue weighted by atomic mass is 19.3. The van der Waals surface area contributed by atoms with Crippen molar-refractivity contribution in [1.82, 2.24) is 24.7 Å². The molecule has 9 nitrogen and oxygen atoms in total. The summed E-state index contributed by atoms with van der Waals surface area (Å²) in [4.78, 5) is 15.4. The second-order valence-corrected chi connectivity index (χ2v) is 9.23. The fourth-order valence-electron chi connectivity index (χ4n) is 4.48. The number of piperidine rings is 1. The van der Waals surface area contributed by atoms with E-state index < -0.39 is 18.8 Å². The minimum absolute atomic E-state index is 0.0203. The Morgan fingerprint density at radius 1 is 1.18 bits per heavy atom. The smallest absolute Gasteiger partial charge is 0.257 e. The topological polar surface area (TPSA) is 107 Å². The van der Waals surface area contributed by atoms with Gasteiger partial charge in [0.1, 0.15) is 29.7 Å². The zero-order valence-electron chi connectivity index (χ0n) is 21.7. The van der Waals surface area contributed by atoms with Crippen LogP contribution in [0.25, 0.3) is 11.4 Å². The van der Waals surface area contributed by atoms with Crippen LogP contribution in [0.1, 0.15) is 24.0 Å². The summed E-state index contributed by atoms with van der Waals surface area (Å²) in [5, 5.41) is 7.10. The maximum atomic E-state index is 14.6. The van der Waals surface area contributed by atoms with E-state index in [9.17, 15) is 13.2 Å². The Bertz CT molecular complexity index is 1550. The molecule has 1 fully saturated rings. The monoisotopic (exact) mass is 548 g/mol. The summed E-state index contributed by atoms with van der Waals surface area (Å²) >= 11 is 0. The highest BCUT2D eigenvalue weighted by Crippen LogP contribution is 2.31. The maximum absolute atomic E-state index is 14.6. The predicted octanol–water partition coefficient (Wildman–Crippen LogP) is 4.22. The van der Waals surface area contributed by atoms with E-state index in [2.05, 4.69) is 42.1 Å². The number of alkyl halides is 2. The van der Waals surface area contributed by atoms with Gasteiger partial charge in [0.2, 0.25) is 0 Å². The molecule has 1 aliphatic rings. The average molecular weight is 549 g/mol. The van der Waals surface area contributed by atoms with Gasteiger partial charge in [-0.2, -0.15) is 5.10 Å². The number of aromatic nitrogens is 5. The predicted molar refractivity (Wildman–Crippen MR) is 145 cm³/mol. The molecule has 0 radical (unpaired) electrons.